The maximum Gasteiger partial charge on any atom is 0.230 e. The fourth-order valence-electron chi connectivity index (χ4n) is 2.24. The van der Waals surface area contributed by atoms with Crippen LogP contribution in [0.25, 0.3) is 0 Å². The Bertz CT molecular complexity index is 467. The Kier molecular flexibility index (Phi) is 5.98. The molecule has 0 saturated carbocycles. The normalized spacial score (nSPS) is 16.1. The van der Waals surface area contributed by atoms with Gasteiger partial charge in [-0.2, -0.15) is 0 Å². The molecule has 2 rings (SSSR count). The number of amides is 1. The molecule has 6 heteroatoms. The molecular weight excluding hydrogens is 272 g/mol. The zero-order valence-electron chi connectivity index (χ0n) is 12.2. The molecule has 0 aromatic heterocycles. The second-order valence-electron chi connectivity index (χ2n) is 4.92. The summed E-state index contributed by atoms with van der Waals surface area (Å²) in [4.78, 5) is 13.8. The SMILES string of the molecule is COCCNCC(O)CN1C(=O)CCOc2ccccc21. The van der Waals surface area contributed by atoms with Gasteiger partial charge in [0.1, 0.15) is 5.75 Å². The number of aliphatic hydroxyl groups excluding tert-OH is 1. The summed E-state index contributed by atoms with van der Waals surface area (Å²) in [5, 5.41) is 13.2. The van der Waals surface area contributed by atoms with E-state index < -0.39 is 6.10 Å². The van der Waals surface area contributed by atoms with Crippen molar-refractivity contribution in [3.05, 3.63) is 24.3 Å². The van der Waals surface area contributed by atoms with Crippen LogP contribution in [0.2, 0.25) is 0 Å². The summed E-state index contributed by atoms with van der Waals surface area (Å²) in [7, 11) is 1.63. The Hall–Kier alpha value is -1.63. The monoisotopic (exact) mass is 294 g/mol. The van der Waals surface area contributed by atoms with Crippen molar-refractivity contribution in [3.63, 3.8) is 0 Å². The number of carbonyl (C=O) groups excluding carboxylic acids is 1. The van der Waals surface area contributed by atoms with Crippen LogP contribution in [0.15, 0.2) is 24.3 Å². The van der Waals surface area contributed by atoms with Crippen LogP contribution in [0.4, 0.5) is 5.69 Å². The second-order valence-corrected chi connectivity index (χ2v) is 4.92. The second kappa shape index (κ2) is 7.97. The van der Waals surface area contributed by atoms with Gasteiger partial charge in [-0.15, -0.1) is 0 Å². The van der Waals surface area contributed by atoms with Gasteiger partial charge in [0.05, 0.1) is 38.0 Å². The molecule has 1 amide bonds. The summed E-state index contributed by atoms with van der Waals surface area (Å²) in [6, 6.07) is 7.40. The van der Waals surface area contributed by atoms with Gasteiger partial charge in [0.25, 0.3) is 0 Å². The maximum atomic E-state index is 12.2. The van der Waals surface area contributed by atoms with Crippen LogP contribution >= 0.6 is 0 Å². The van der Waals surface area contributed by atoms with Crippen LogP contribution in [0, 0.1) is 0 Å². The molecule has 1 atom stereocenters. The molecule has 2 N–H and O–H groups in total. The first-order chi connectivity index (χ1) is 10.2. The van der Waals surface area contributed by atoms with Crippen molar-refractivity contribution in [1.82, 2.24) is 5.32 Å². The molecule has 21 heavy (non-hydrogen) atoms. The van der Waals surface area contributed by atoms with E-state index in [9.17, 15) is 9.90 Å². The summed E-state index contributed by atoms with van der Waals surface area (Å²) in [6.45, 7) is 2.29. The lowest BCUT2D eigenvalue weighted by Crippen LogP contribution is -2.41. The molecule has 116 valence electrons. The van der Waals surface area contributed by atoms with Gasteiger partial charge < -0.3 is 24.8 Å². The van der Waals surface area contributed by atoms with Crippen molar-refractivity contribution in [1.29, 1.82) is 0 Å². The number of hydrogen-bond donors (Lipinski definition) is 2. The Morgan fingerprint density at radius 3 is 3.10 bits per heavy atom. The molecule has 0 bridgehead atoms. The van der Waals surface area contributed by atoms with Crippen molar-refractivity contribution >= 4 is 11.6 Å². The maximum absolute atomic E-state index is 12.2. The molecular formula is C15H22N2O4. The molecule has 1 aromatic carbocycles. The van der Waals surface area contributed by atoms with Gasteiger partial charge in [0, 0.05) is 20.2 Å². The minimum atomic E-state index is -0.642. The number of benzene rings is 1. The highest BCUT2D eigenvalue weighted by Crippen LogP contribution is 2.30. The van der Waals surface area contributed by atoms with Crippen molar-refractivity contribution in [2.45, 2.75) is 12.5 Å². The number of nitrogens with one attached hydrogen (secondary N) is 1. The Balaban J connectivity index is 1.98. The minimum absolute atomic E-state index is 0.0316. The van der Waals surface area contributed by atoms with Crippen LogP contribution in [-0.2, 0) is 9.53 Å². The fourth-order valence-corrected chi connectivity index (χ4v) is 2.24. The number of ether oxygens (including phenoxy) is 2. The summed E-state index contributed by atoms with van der Waals surface area (Å²) < 4.78 is 10.5. The first kappa shape index (κ1) is 15.8. The van der Waals surface area contributed by atoms with Gasteiger partial charge in [-0.1, -0.05) is 12.1 Å². The van der Waals surface area contributed by atoms with Crippen LogP contribution in [0.3, 0.4) is 0 Å². The van der Waals surface area contributed by atoms with Crippen LogP contribution < -0.4 is 15.0 Å². The fraction of sp³-hybridized carbons (Fsp3) is 0.533. The van der Waals surface area contributed by atoms with Gasteiger partial charge >= 0.3 is 0 Å². The number of methoxy groups -OCH3 is 1. The van der Waals surface area contributed by atoms with Gasteiger partial charge in [-0.3, -0.25) is 4.79 Å². The largest absolute Gasteiger partial charge is 0.491 e. The third-order valence-electron chi connectivity index (χ3n) is 3.29. The zero-order chi connectivity index (χ0) is 15.1. The van der Waals surface area contributed by atoms with E-state index in [0.717, 1.165) is 5.69 Å². The zero-order valence-corrected chi connectivity index (χ0v) is 12.2. The third-order valence-corrected chi connectivity index (χ3v) is 3.29. The molecule has 6 nitrogen and oxygen atoms in total. The van der Waals surface area contributed by atoms with Crippen molar-refractivity contribution in [3.8, 4) is 5.75 Å². The van der Waals surface area contributed by atoms with Crippen molar-refractivity contribution in [2.24, 2.45) is 0 Å². The highest BCUT2D eigenvalue weighted by molar-refractivity contribution is 5.95. The van der Waals surface area contributed by atoms with Crippen LogP contribution in [0.5, 0.6) is 5.75 Å². The molecule has 1 unspecified atom stereocenters. The van der Waals surface area contributed by atoms with E-state index >= 15 is 0 Å². The minimum Gasteiger partial charge on any atom is -0.491 e. The van der Waals surface area contributed by atoms with Gasteiger partial charge in [0.2, 0.25) is 5.91 Å². The van der Waals surface area contributed by atoms with Crippen LogP contribution in [-0.4, -0.2) is 57.1 Å². The topological polar surface area (TPSA) is 71.0 Å². The summed E-state index contributed by atoms with van der Waals surface area (Å²) >= 11 is 0. The summed E-state index contributed by atoms with van der Waals surface area (Å²) in [5.41, 5.74) is 0.718. The predicted octanol–water partition coefficient (Wildman–Crippen LogP) is 0.399. The van der Waals surface area contributed by atoms with Gasteiger partial charge in [-0.25, -0.2) is 0 Å². The molecule has 0 saturated heterocycles. The number of aliphatic hydroxyl groups is 1. The molecule has 1 aliphatic rings. The van der Waals surface area contributed by atoms with E-state index in [1.807, 2.05) is 24.3 Å². The molecule has 0 radical (unpaired) electrons. The summed E-state index contributed by atoms with van der Waals surface area (Å²) in [5.74, 6) is 0.652. The Morgan fingerprint density at radius 1 is 1.48 bits per heavy atom. The molecule has 1 aromatic rings. The van der Waals surface area contributed by atoms with E-state index in [-0.39, 0.29) is 12.5 Å². The number of hydrogen-bond acceptors (Lipinski definition) is 5. The number of β-amino-alcohol motifs (C(OH)–C–C–N with tert-alkyl or cyclic N) is 1. The number of para-hydroxylation sites is 2. The van der Waals surface area contributed by atoms with Gasteiger partial charge in [-0.05, 0) is 12.1 Å². The molecule has 0 spiro atoms. The first-order valence-electron chi connectivity index (χ1n) is 7.12. The average molecular weight is 294 g/mol. The summed E-state index contributed by atoms with van der Waals surface area (Å²) in [6.07, 6.45) is -0.324. The Morgan fingerprint density at radius 2 is 2.29 bits per heavy atom. The van der Waals surface area contributed by atoms with E-state index in [1.165, 1.54) is 0 Å². The standard InChI is InChI=1S/C15H22N2O4/c1-20-9-7-16-10-12(18)11-17-13-4-2-3-5-14(13)21-8-6-15(17)19/h2-5,12,16,18H,6-11H2,1H3. The highest BCUT2D eigenvalue weighted by Gasteiger charge is 2.24. The van der Waals surface area contributed by atoms with Crippen LogP contribution in [0.1, 0.15) is 6.42 Å². The first-order valence-corrected chi connectivity index (χ1v) is 7.12. The number of rotatable bonds is 7. The third kappa shape index (κ3) is 4.42. The quantitative estimate of drug-likeness (QED) is 0.712. The number of anilines is 1. The highest BCUT2D eigenvalue weighted by atomic mass is 16.5. The lowest BCUT2D eigenvalue weighted by molar-refractivity contribution is -0.119. The lowest BCUT2D eigenvalue weighted by atomic mass is 10.2. The molecule has 1 aliphatic heterocycles. The number of fused-ring (bicyclic) bond motifs is 1. The van der Waals surface area contributed by atoms with Crippen molar-refractivity contribution < 1.29 is 19.4 Å². The van der Waals surface area contributed by atoms with E-state index in [4.69, 9.17) is 9.47 Å². The van der Waals surface area contributed by atoms with Crippen molar-refractivity contribution in [2.75, 3.05) is 44.9 Å². The molecule has 0 aliphatic carbocycles. The molecule has 1 heterocycles. The van der Waals surface area contributed by atoms with E-state index in [1.54, 1.807) is 12.0 Å². The van der Waals surface area contributed by atoms with Gasteiger partial charge in [0.15, 0.2) is 0 Å². The number of nitrogens with zero attached hydrogens (tertiary/aromatic N) is 1. The lowest BCUT2D eigenvalue weighted by Gasteiger charge is -2.24. The Labute approximate surface area is 124 Å². The number of carbonyl (C=O) groups is 1. The van der Waals surface area contributed by atoms with E-state index in [2.05, 4.69) is 5.32 Å². The molecule has 0 fully saturated rings. The smallest absolute Gasteiger partial charge is 0.230 e. The van der Waals surface area contributed by atoms with E-state index in [0.29, 0.717) is 38.5 Å². The average Bonchev–Trinajstić information content (AvgIpc) is 2.64. The predicted molar refractivity (Wildman–Crippen MR) is 79.7 cm³/mol.